The van der Waals surface area contributed by atoms with Gasteiger partial charge >= 0.3 is 5.97 Å². The second-order valence-corrected chi connectivity index (χ2v) is 8.08. The minimum absolute atomic E-state index is 0.129. The number of cyclic esters (lactones) is 1. The van der Waals surface area contributed by atoms with E-state index in [1.807, 2.05) is 30.3 Å². The van der Waals surface area contributed by atoms with Gasteiger partial charge < -0.3 is 23.7 Å². The number of epoxide rings is 1. The fourth-order valence-corrected chi connectivity index (χ4v) is 4.30. The Labute approximate surface area is 168 Å². The molecule has 4 aliphatic heterocycles. The van der Waals surface area contributed by atoms with Crippen molar-refractivity contribution in [3.05, 3.63) is 47.7 Å². The minimum atomic E-state index is -0.727. The highest BCUT2D eigenvalue weighted by Crippen LogP contribution is 2.48. The fourth-order valence-electron chi connectivity index (χ4n) is 4.30. The van der Waals surface area contributed by atoms with E-state index in [2.05, 4.69) is 0 Å². The van der Waals surface area contributed by atoms with Gasteiger partial charge in [0.25, 0.3) is 5.91 Å². The van der Waals surface area contributed by atoms with E-state index in [4.69, 9.17) is 23.7 Å². The molecule has 4 heterocycles. The van der Waals surface area contributed by atoms with Gasteiger partial charge in [0.1, 0.15) is 30.1 Å². The van der Waals surface area contributed by atoms with E-state index >= 15 is 0 Å². The maximum Gasteiger partial charge on any atom is 0.355 e. The van der Waals surface area contributed by atoms with E-state index in [1.165, 1.54) is 12.0 Å². The third-order valence-electron chi connectivity index (χ3n) is 5.76. The van der Waals surface area contributed by atoms with Crippen LogP contribution in [0.5, 0.6) is 0 Å². The largest absolute Gasteiger partial charge is 0.450 e. The molecule has 0 unspecified atom stereocenters. The molecule has 0 bridgehead atoms. The molecule has 29 heavy (non-hydrogen) atoms. The molecular formula is C21H23NO7. The van der Waals surface area contributed by atoms with Crippen molar-refractivity contribution in [1.29, 1.82) is 0 Å². The Morgan fingerprint density at radius 1 is 1.17 bits per heavy atom. The number of hydrogen-bond acceptors (Lipinski definition) is 7. The van der Waals surface area contributed by atoms with E-state index in [0.29, 0.717) is 6.61 Å². The fraction of sp³-hybridized carbons (Fsp3) is 0.524. The van der Waals surface area contributed by atoms with Gasteiger partial charge in [-0.05, 0) is 25.5 Å². The summed E-state index contributed by atoms with van der Waals surface area (Å²) >= 11 is 0. The zero-order valence-corrected chi connectivity index (χ0v) is 16.4. The number of β-lactam (4-membered cyclic amide) rings is 1. The molecule has 1 aromatic carbocycles. The Morgan fingerprint density at radius 3 is 2.59 bits per heavy atom. The van der Waals surface area contributed by atoms with Crippen LogP contribution in [0.2, 0.25) is 0 Å². The molecular weight excluding hydrogens is 378 g/mol. The molecule has 8 nitrogen and oxygen atoms in total. The molecule has 8 heteroatoms. The molecule has 0 radical (unpaired) electrons. The summed E-state index contributed by atoms with van der Waals surface area (Å²) < 4.78 is 28.1. The van der Waals surface area contributed by atoms with E-state index in [-0.39, 0.29) is 29.9 Å². The Bertz CT molecular complexity index is 867. The van der Waals surface area contributed by atoms with Gasteiger partial charge in [0.15, 0.2) is 18.0 Å². The topological polar surface area (TPSA) is 86.8 Å². The molecule has 0 saturated carbocycles. The van der Waals surface area contributed by atoms with Gasteiger partial charge in [0, 0.05) is 7.11 Å². The number of likely N-dealkylation sites (tertiary alicyclic amines) is 1. The smallest absolute Gasteiger partial charge is 0.355 e. The third-order valence-corrected chi connectivity index (χ3v) is 5.76. The molecule has 4 aliphatic rings. The number of carbonyl (C=O) groups is 2. The van der Waals surface area contributed by atoms with Crippen molar-refractivity contribution in [1.82, 2.24) is 4.90 Å². The minimum Gasteiger partial charge on any atom is -0.450 e. The Morgan fingerprint density at radius 2 is 1.93 bits per heavy atom. The zero-order chi connectivity index (χ0) is 20.3. The van der Waals surface area contributed by atoms with Crippen LogP contribution in [-0.4, -0.2) is 66.7 Å². The maximum absolute atomic E-state index is 12.7. The van der Waals surface area contributed by atoms with Gasteiger partial charge in [0.05, 0.1) is 6.61 Å². The first-order chi connectivity index (χ1) is 13.9. The SMILES string of the molecule is CO[C@@H]1C(=O)N(C2=C[C@@H]([C@@H]3COC(C)(C)O3)OC2=O)[C@@H]1[C@H]1O[C@@H]1c1ccccc1. The Kier molecular flexibility index (Phi) is 4.29. The highest BCUT2D eigenvalue weighted by Gasteiger charge is 2.63. The lowest BCUT2D eigenvalue weighted by atomic mass is 9.90. The molecule has 1 aromatic rings. The van der Waals surface area contributed by atoms with Gasteiger partial charge in [-0.1, -0.05) is 30.3 Å². The first-order valence-corrected chi connectivity index (χ1v) is 9.70. The Balaban J connectivity index is 1.36. The van der Waals surface area contributed by atoms with Crippen LogP contribution >= 0.6 is 0 Å². The summed E-state index contributed by atoms with van der Waals surface area (Å²) in [6, 6.07) is 9.40. The number of nitrogens with zero attached hydrogens (tertiary/aromatic N) is 1. The Hall–Kier alpha value is -2.26. The second kappa shape index (κ2) is 6.63. The van der Waals surface area contributed by atoms with Crippen LogP contribution in [0.3, 0.4) is 0 Å². The molecule has 3 fully saturated rings. The van der Waals surface area contributed by atoms with Crippen molar-refractivity contribution in [2.45, 2.75) is 56.2 Å². The van der Waals surface area contributed by atoms with Crippen LogP contribution in [0, 0.1) is 0 Å². The van der Waals surface area contributed by atoms with E-state index in [0.717, 1.165) is 5.56 Å². The normalized spacial score (nSPS) is 37.9. The lowest BCUT2D eigenvalue weighted by Crippen LogP contribution is -2.67. The predicted octanol–water partition coefficient (Wildman–Crippen LogP) is 1.31. The molecule has 0 N–H and O–H groups in total. The summed E-state index contributed by atoms with van der Waals surface area (Å²) in [5.41, 5.74) is 1.25. The maximum atomic E-state index is 12.7. The first-order valence-electron chi connectivity index (χ1n) is 9.70. The van der Waals surface area contributed by atoms with Gasteiger partial charge in [-0.2, -0.15) is 0 Å². The highest BCUT2D eigenvalue weighted by molar-refractivity contribution is 6.00. The van der Waals surface area contributed by atoms with Gasteiger partial charge in [-0.15, -0.1) is 0 Å². The number of esters is 1. The summed E-state index contributed by atoms with van der Waals surface area (Å²) in [4.78, 5) is 26.7. The summed E-state index contributed by atoms with van der Waals surface area (Å²) in [6.07, 6.45) is -0.373. The van der Waals surface area contributed by atoms with Crippen LogP contribution < -0.4 is 0 Å². The summed E-state index contributed by atoms with van der Waals surface area (Å²) in [5, 5.41) is 0. The van der Waals surface area contributed by atoms with E-state index in [9.17, 15) is 9.59 Å². The quantitative estimate of drug-likeness (QED) is 0.418. The standard InChI is InChI=1S/C21H23NO7/c1-21(2)26-10-14(29-21)13-9-12(20(24)27-13)22-15(18(25-3)19(22)23)17-16(28-17)11-7-5-4-6-8-11/h4-9,13-18H,10H2,1-3H3/t13-,14-,15+,16+,17+,18-/m0/s1. The van der Waals surface area contributed by atoms with Crippen molar-refractivity contribution in [2.75, 3.05) is 13.7 Å². The number of benzene rings is 1. The van der Waals surface area contributed by atoms with Gasteiger partial charge in [0.2, 0.25) is 0 Å². The van der Waals surface area contributed by atoms with Crippen molar-refractivity contribution >= 4 is 11.9 Å². The number of amides is 1. The number of carbonyl (C=O) groups excluding carboxylic acids is 2. The number of hydrogen-bond donors (Lipinski definition) is 0. The lowest BCUT2D eigenvalue weighted by molar-refractivity contribution is -0.172. The van der Waals surface area contributed by atoms with Crippen LogP contribution in [0.1, 0.15) is 25.5 Å². The third kappa shape index (κ3) is 3.07. The molecule has 6 atom stereocenters. The molecule has 0 spiro atoms. The lowest BCUT2D eigenvalue weighted by Gasteiger charge is -2.45. The molecule has 0 aliphatic carbocycles. The summed E-state index contributed by atoms with van der Waals surface area (Å²) in [7, 11) is 1.49. The van der Waals surface area contributed by atoms with Crippen molar-refractivity contribution in [3.63, 3.8) is 0 Å². The monoisotopic (exact) mass is 401 g/mol. The van der Waals surface area contributed by atoms with Crippen LogP contribution in [0.25, 0.3) is 0 Å². The van der Waals surface area contributed by atoms with Crippen molar-refractivity contribution in [3.8, 4) is 0 Å². The number of rotatable bonds is 5. The molecule has 1 amide bonds. The average Bonchev–Trinajstić information content (AvgIpc) is 3.26. The van der Waals surface area contributed by atoms with Crippen LogP contribution in [0.15, 0.2) is 42.1 Å². The van der Waals surface area contributed by atoms with Crippen molar-refractivity contribution in [2.24, 2.45) is 0 Å². The van der Waals surface area contributed by atoms with Gasteiger partial charge in [-0.3, -0.25) is 9.69 Å². The van der Waals surface area contributed by atoms with Gasteiger partial charge in [-0.25, -0.2) is 4.79 Å². The number of methoxy groups -OCH3 is 1. The average molecular weight is 401 g/mol. The van der Waals surface area contributed by atoms with Crippen LogP contribution in [-0.2, 0) is 33.3 Å². The van der Waals surface area contributed by atoms with E-state index in [1.54, 1.807) is 19.9 Å². The zero-order valence-electron chi connectivity index (χ0n) is 16.4. The molecule has 154 valence electrons. The highest BCUT2D eigenvalue weighted by atomic mass is 16.8. The molecule has 0 aromatic heterocycles. The summed E-state index contributed by atoms with van der Waals surface area (Å²) in [6.45, 7) is 3.93. The first kappa shape index (κ1) is 18.7. The van der Waals surface area contributed by atoms with Crippen LogP contribution in [0.4, 0.5) is 0 Å². The number of ether oxygens (including phenoxy) is 5. The molecule has 5 rings (SSSR count). The summed E-state index contributed by atoms with van der Waals surface area (Å²) in [5.74, 6) is -1.55. The molecule has 3 saturated heterocycles. The van der Waals surface area contributed by atoms with E-state index < -0.39 is 30.1 Å². The second-order valence-electron chi connectivity index (χ2n) is 8.08. The van der Waals surface area contributed by atoms with Crippen molar-refractivity contribution < 1.29 is 33.3 Å². The predicted molar refractivity (Wildman–Crippen MR) is 98.4 cm³/mol.